The van der Waals surface area contributed by atoms with Crippen LogP contribution in [0.15, 0.2) is 30.3 Å². The Bertz CT molecular complexity index is 466. The number of ketones is 1. The zero-order chi connectivity index (χ0) is 14.5. The van der Waals surface area contributed by atoms with E-state index < -0.39 is 0 Å². The maximum atomic E-state index is 11.2. The van der Waals surface area contributed by atoms with Gasteiger partial charge in [-0.05, 0) is 23.8 Å². The van der Waals surface area contributed by atoms with Gasteiger partial charge < -0.3 is 9.47 Å². The van der Waals surface area contributed by atoms with Crippen molar-refractivity contribution < 1.29 is 14.3 Å². The van der Waals surface area contributed by atoms with E-state index in [0.717, 1.165) is 31.5 Å². The van der Waals surface area contributed by atoms with Crippen LogP contribution in [0, 0.1) is 5.41 Å². The van der Waals surface area contributed by atoms with Crippen molar-refractivity contribution in [1.29, 1.82) is 0 Å². The summed E-state index contributed by atoms with van der Waals surface area (Å²) in [5, 5.41) is 0. The summed E-state index contributed by atoms with van der Waals surface area (Å²) in [6, 6.07) is 10.1. The molecule has 2 fully saturated rings. The van der Waals surface area contributed by atoms with Gasteiger partial charge in [-0.2, -0.15) is 0 Å². The van der Waals surface area contributed by atoms with Crippen LogP contribution in [-0.4, -0.2) is 37.3 Å². The summed E-state index contributed by atoms with van der Waals surface area (Å²) in [5.41, 5.74) is 1.43. The number of rotatable bonds is 6. The average Bonchev–Trinajstić information content (AvgIpc) is 2.47. The number of ether oxygens (including phenoxy) is 2. The summed E-state index contributed by atoms with van der Waals surface area (Å²) in [4.78, 5) is 13.6. The number of hydrogen-bond acceptors (Lipinski definition) is 4. The first kappa shape index (κ1) is 14.7. The van der Waals surface area contributed by atoms with Crippen LogP contribution in [0.3, 0.4) is 0 Å². The van der Waals surface area contributed by atoms with Crippen molar-refractivity contribution in [2.75, 3.05) is 26.6 Å². The summed E-state index contributed by atoms with van der Waals surface area (Å²) in [5.74, 6) is 0.420. The Balaban J connectivity index is 1.31. The fraction of sp³-hybridized carbons (Fsp3) is 0.588. The van der Waals surface area contributed by atoms with E-state index in [2.05, 4.69) is 4.90 Å². The normalized spacial score (nSPS) is 21.4. The molecule has 3 rings (SSSR count). The molecular formula is C17H23NO3. The second-order valence-corrected chi connectivity index (χ2v) is 6.33. The molecule has 1 heterocycles. The molecule has 0 amide bonds. The van der Waals surface area contributed by atoms with Crippen LogP contribution in [0.2, 0.25) is 0 Å². The SMILES string of the molecule is O=C1CC2(CCCN(COCOCc3ccccc3)C2)C1. The van der Waals surface area contributed by atoms with Gasteiger partial charge in [0.25, 0.3) is 0 Å². The van der Waals surface area contributed by atoms with Crippen LogP contribution in [-0.2, 0) is 20.9 Å². The molecule has 1 aliphatic heterocycles. The largest absolute Gasteiger partial charge is 0.351 e. The highest BCUT2D eigenvalue weighted by atomic mass is 16.7. The Hall–Kier alpha value is -1.23. The van der Waals surface area contributed by atoms with Crippen LogP contribution in [0.5, 0.6) is 0 Å². The van der Waals surface area contributed by atoms with Gasteiger partial charge in [0.05, 0.1) is 6.61 Å². The standard InChI is InChI=1S/C17H23NO3/c19-16-9-17(10-16)7-4-8-18(12-17)13-21-14-20-11-15-5-2-1-3-6-15/h1-3,5-6H,4,7-14H2. The van der Waals surface area contributed by atoms with Gasteiger partial charge in [0.2, 0.25) is 0 Å². The second-order valence-electron chi connectivity index (χ2n) is 6.33. The molecule has 4 heteroatoms. The van der Waals surface area contributed by atoms with Crippen molar-refractivity contribution in [3.8, 4) is 0 Å². The lowest BCUT2D eigenvalue weighted by Gasteiger charge is -2.47. The third-order valence-corrected chi connectivity index (χ3v) is 4.44. The van der Waals surface area contributed by atoms with Crippen molar-refractivity contribution in [3.63, 3.8) is 0 Å². The lowest BCUT2D eigenvalue weighted by Crippen LogP contribution is -2.51. The topological polar surface area (TPSA) is 38.8 Å². The van der Waals surface area contributed by atoms with E-state index in [4.69, 9.17) is 9.47 Å². The van der Waals surface area contributed by atoms with Crippen LogP contribution >= 0.6 is 0 Å². The van der Waals surface area contributed by atoms with E-state index in [1.807, 2.05) is 30.3 Å². The van der Waals surface area contributed by atoms with E-state index in [1.54, 1.807) is 0 Å². The molecule has 1 spiro atoms. The molecule has 0 bridgehead atoms. The highest BCUT2D eigenvalue weighted by Gasteiger charge is 2.45. The summed E-state index contributed by atoms with van der Waals surface area (Å²) in [7, 11) is 0. The molecule has 0 aromatic heterocycles. The maximum absolute atomic E-state index is 11.2. The number of hydrogen-bond donors (Lipinski definition) is 0. The van der Waals surface area contributed by atoms with E-state index in [-0.39, 0.29) is 5.41 Å². The Labute approximate surface area is 126 Å². The molecule has 0 N–H and O–H groups in total. The molecule has 4 nitrogen and oxygen atoms in total. The number of nitrogens with zero attached hydrogens (tertiary/aromatic N) is 1. The van der Waals surface area contributed by atoms with Gasteiger partial charge in [-0.1, -0.05) is 30.3 Å². The van der Waals surface area contributed by atoms with E-state index in [1.165, 1.54) is 12.8 Å². The number of likely N-dealkylation sites (tertiary alicyclic amines) is 1. The van der Waals surface area contributed by atoms with Crippen LogP contribution < -0.4 is 0 Å². The first-order valence-corrected chi connectivity index (χ1v) is 7.69. The van der Waals surface area contributed by atoms with Gasteiger partial charge in [0, 0.05) is 25.9 Å². The molecule has 1 saturated heterocycles. The molecular weight excluding hydrogens is 266 g/mol. The van der Waals surface area contributed by atoms with Gasteiger partial charge in [0.1, 0.15) is 19.3 Å². The summed E-state index contributed by atoms with van der Waals surface area (Å²) < 4.78 is 11.1. The van der Waals surface area contributed by atoms with Crippen LogP contribution in [0.25, 0.3) is 0 Å². The second kappa shape index (κ2) is 6.69. The fourth-order valence-corrected chi connectivity index (χ4v) is 3.45. The van der Waals surface area contributed by atoms with Crippen molar-refractivity contribution in [1.82, 2.24) is 4.90 Å². The van der Waals surface area contributed by atoms with Gasteiger partial charge in [-0.25, -0.2) is 0 Å². The predicted octanol–water partition coefficient (Wildman–Crippen LogP) is 2.58. The summed E-state index contributed by atoms with van der Waals surface area (Å²) in [6.45, 7) is 3.56. The third-order valence-electron chi connectivity index (χ3n) is 4.44. The van der Waals surface area contributed by atoms with Gasteiger partial charge in [0.15, 0.2) is 0 Å². The molecule has 1 aromatic carbocycles. The molecule has 2 aliphatic rings. The number of piperidine rings is 1. The number of Topliss-reactive ketones (excluding diaryl/α,β-unsaturated/α-hetero) is 1. The highest BCUT2D eigenvalue weighted by Crippen LogP contribution is 2.45. The Morgan fingerprint density at radius 1 is 1.14 bits per heavy atom. The van der Waals surface area contributed by atoms with Gasteiger partial charge in [-0.3, -0.25) is 9.69 Å². The molecule has 0 atom stereocenters. The molecule has 0 radical (unpaired) electrons. The predicted molar refractivity (Wildman–Crippen MR) is 79.5 cm³/mol. The molecule has 1 aromatic rings. The van der Waals surface area contributed by atoms with E-state index in [9.17, 15) is 4.79 Å². The van der Waals surface area contributed by atoms with Gasteiger partial charge in [-0.15, -0.1) is 0 Å². The van der Waals surface area contributed by atoms with Crippen molar-refractivity contribution in [2.45, 2.75) is 32.3 Å². The third kappa shape index (κ3) is 3.90. The molecule has 1 aliphatic carbocycles. The quantitative estimate of drug-likeness (QED) is 0.596. The lowest BCUT2D eigenvalue weighted by atomic mass is 9.63. The Morgan fingerprint density at radius 3 is 2.71 bits per heavy atom. The van der Waals surface area contributed by atoms with Crippen molar-refractivity contribution in [2.24, 2.45) is 5.41 Å². The van der Waals surface area contributed by atoms with Crippen molar-refractivity contribution in [3.05, 3.63) is 35.9 Å². The minimum absolute atomic E-state index is 0.267. The Morgan fingerprint density at radius 2 is 1.95 bits per heavy atom. The molecule has 114 valence electrons. The van der Waals surface area contributed by atoms with Crippen LogP contribution in [0.1, 0.15) is 31.2 Å². The molecule has 21 heavy (non-hydrogen) atoms. The highest BCUT2D eigenvalue weighted by molar-refractivity contribution is 5.86. The molecule has 1 saturated carbocycles. The summed E-state index contributed by atoms with van der Waals surface area (Å²) >= 11 is 0. The van der Waals surface area contributed by atoms with Crippen molar-refractivity contribution >= 4 is 5.78 Å². The molecule has 0 unspecified atom stereocenters. The van der Waals surface area contributed by atoms with Crippen LogP contribution in [0.4, 0.5) is 0 Å². The number of carbonyl (C=O) groups excluding carboxylic acids is 1. The lowest BCUT2D eigenvalue weighted by molar-refractivity contribution is -0.142. The first-order valence-electron chi connectivity index (χ1n) is 7.69. The number of benzene rings is 1. The van der Waals surface area contributed by atoms with E-state index >= 15 is 0 Å². The van der Waals surface area contributed by atoms with Gasteiger partial charge >= 0.3 is 0 Å². The zero-order valence-corrected chi connectivity index (χ0v) is 12.4. The Kier molecular flexibility index (Phi) is 4.68. The monoisotopic (exact) mass is 289 g/mol. The minimum Gasteiger partial charge on any atom is -0.351 e. The maximum Gasteiger partial charge on any atom is 0.148 e. The number of carbonyl (C=O) groups is 1. The first-order chi connectivity index (χ1) is 10.3. The minimum atomic E-state index is 0.267. The smallest absolute Gasteiger partial charge is 0.148 e. The summed E-state index contributed by atoms with van der Waals surface area (Å²) in [6.07, 6.45) is 3.91. The fourth-order valence-electron chi connectivity index (χ4n) is 3.45. The average molecular weight is 289 g/mol. The zero-order valence-electron chi connectivity index (χ0n) is 12.4. The van der Waals surface area contributed by atoms with E-state index in [0.29, 0.717) is 25.9 Å².